The van der Waals surface area contributed by atoms with Gasteiger partial charge in [0.1, 0.15) is 17.7 Å². The van der Waals surface area contributed by atoms with Gasteiger partial charge in [0.15, 0.2) is 0 Å². The maximum absolute atomic E-state index is 12.3. The van der Waals surface area contributed by atoms with Crippen LogP contribution in [0.2, 0.25) is 0 Å². The second kappa shape index (κ2) is 7.38. The largest absolute Gasteiger partial charge is 0.489 e. The van der Waals surface area contributed by atoms with Gasteiger partial charge in [0, 0.05) is 12.1 Å². The van der Waals surface area contributed by atoms with Crippen LogP contribution in [0.15, 0.2) is 67.3 Å². The van der Waals surface area contributed by atoms with Gasteiger partial charge in [-0.2, -0.15) is 0 Å². The van der Waals surface area contributed by atoms with Crippen LogP contribution in [0.4, 0.5) is 0 Å². The number of ether oxygens (including phenoxy) is 1. The predicted molar refractivity (Wildman–Crippen MR) is 94.3 cm³/mol. The van der Waals surface area contributed by atoms with E-state index in [1.165, 1.54) is 0 Å². The number of thioether (sulfide) groups is 1. The van der Waals surface area contributed by atoms with E-state index in [1.54, 1.807) is 17.8 Å². The SMILES string of the molecule is C=CCOc1ccccc1C1SCC(=O)N1Cc1ccccc1. The van der Waals surface area contributed by atoms with E-state index in [9.17, 15) is 4.79 Å². The van der Waals surface area contributed by atoms with Gasteiger partial charge in [-0.25, -0.2) is 0 Å². The number of benzene rings is 2. The number of nitrogens with zero attached hydrogens (tertiary/aromatic N) is 1. The normalized spacial score (nSPS) is 17.3. The van der Waals surface area contributed by atoms with E-state index in [0.29, 0.717) is 18.9 Å². The highest BCUT2D eigenvalue weighted by atomic mass is 32.2. The molecule has 1 fully saturated rings. The van der Waals surface area contributed by atoms with Crippen molar-refractivity contribution in [2.75, 3.05) is 12.4 Å². The average Bonchev–Trinajstić information content (AvgIpc) is 2.95. The van der Waals surface area contributed by atoms with Crippen molar-refractivity contribution in [2.45, 2.75) is 11.9 Å². The van der Waals surface area contributed by atoms with Crippen molar-refractivity contribution >= 4 is 17.7 Å². The van der Waals surface area contributed by atoms with Gasteiger partial charge in [0.05, 0.1) is 5.75 Å². The topological polar surface area (TPSA) is 29.5 Å². The Hall–Kier alpha value is -2.20. The van der Waals surface area contributed by atoms with Crippen LogP contribution in [0, 0.1) is 0 Å². The molecule has 118 valence electrons. The second-order valence-electron chi connectivity index (χ2n) is 5.31. The summed E-state index contributed by atoms with van der Waals surface area (Å²) < 4.78 is 5.76. The molecule has 23 heavy (non-hydrogen) atoms. The lowest BCUT2D eigenvalue weighted by atomic mass is 10.1. The number of rotatable bonds is 6. The molecular weight excluding hydrogens is 306 g/mol. The zero-order valence-electron chi connectivity index (χ0n) is 12.9. The molecule has 1 aliphatic rings. The average molecular weight is 325 g/mol. The van der Waals surface area contributed by atoms with E-state index < -0.39 is 0 Å². The summed E-state index contributed by atoms with van der Waals surface area (Å²) in [6, 6.07) is 18.0. The molecule has 0 aromatic heterocycles. The summed E-state index contributed by atoms with van der Waals surface area (Å²) in [5.74, 6) is 1.49. The Morgan fingerprint density at radius 1 is 1.17 bits per heavy atom. The minimum Gasteiger partial charge on any atom is -0.489 e. The van der Waals surface area contributed by atoms with Gasteiger partial charge in [0.25, 0.3) is 0 Å². The number of carbonyl (C=O) groups excluding carboxylic acids is 1. The van der Waals surface area contributed by atoms with Crippen LogP contribution >= 0.6 is 11.8 Å². The highest BCUT2D eigenvalue weighted by molar-refractivity contribution is 8.00. The molecule has 0 aliphatic carbocycles. The van der Waals surface area contributed by atoms with E-state index in [4.69, 9.17) is 4.74 Å². The Kier molecular flexibility index (Phi) is 5.03. The lowest BCUT2D eigenvalue weighted by molar-refractivity contribution is -0.128. The van der Waals surface area contributed by atoms with Gasteiger partial charge in [0.2, 0.25) is 5.91 Å². The first-order chi connectivity index (χ1) is 11.3. The van der Waals surface area contributed by atoms with E-state index in [2.05, 4.69) is 6.58 Å². The summed E-state index contributed by atoms with van der Waals surface area (Å²) in [6.07, 6.45) is 1.73. The molecule has 0 spiro atoms. The zero-order chi connectivity index (χ0) is 16.1. The van der Waals surface area contributed by atoms with Crippen LogP contribution in [0.1, 0.15) is 16.5 Å². The van der Waals surface area contributed by atoms with Crippen molar-refractivity contribution in [3.05, 3.63) is 78.4 Å². The first-order valence-corrected chi connectivity index (χ1v) is 8.62. The van der Waals surface area contributed by atoms with Crippen molar-refractivity contribution < 1.29 is 9.53 Å². The maximum Gasteiger partial charge on any atom is 0.234 e. The standard InChI is InChI=1S/C19H19NO2S/c1-2-12-22-17-11-7-6-10-16(17)19-20(18(21)14-23-19)13-15-8-4-3-5-9-15/h2-11,19H,1,12-14H2. The maximum atomic E-state index is 12.3. The van der Waals surface area contributed by atoms with Gasteiger partial charge in [-0.05, 0) is 11.6 Å². The number of hydrogen-bond acceptors (Lipinski definition) is 3. The van der Waals surface area contributed by atoms with Crippen LogP contribution < -0.4 is 4.74 Å². The molecule has 3 nitrogen and oxygen atoms in total. The number of carbonyl (C=O) groups is 1. The van der Waals surface area contributed by atoms with E-state index in [-0.39, 0.29) is 11.3 Å². The molecule has 0 N–H and O–H groups in total. The Morgan fingerprint density at radius 2 is 1.91 bits per heavy atom. The van der Waals surface area contributed by atoms with E-state index >= 15 is 0 Å². The molecule has 0 saturated carbocycles. The first kappa shape index (κ1) is 15.7. The number of amides is 1. The minimum atomic E-state index is -0.0104. The fourth-order valence-electron chi connectivity index (χ4n) is 2.63. The zero-order valence-corrected chi connectivity index (χ0v) is 13.7. The number of hydrogen-bond donors (Lipinski definition) is 0. The molecule has 2 aromatic carbocycles. The predicted octanol–water partition coefficient (Wildman–Crippen LogP) is 4.03. The molecule has 0 radical (unpaired) electrons. The molecule has 3 rings (SSSR count). The molecule has 1 atom stereocenters. The lowest BCUT2D eigenvalue weighted by Gasteiger charge is -2.25. The summed E-state index contributed by atoms with van der Waals surface area (Å²) >= 11 is 1.65. The Labute approximate surface area is 141 Å². The minimum absolute atomic E-state index is 0.0104. The van der Waals surface area contributed by atoms with Gasteiger partial charge >= 0.3 is 0 Å². The van der Waals surface area contributed by atoms with Crippen molar-refractivity contribution in [1.29, 1.82) is 0 Å². The quantitative estimate of drug-likeness (QED) is 0.751. The molecule has 1 aliphatic heterocycles. The third-order valence-electron chi connectivity index (χ3n) is 3.71. The summed E-state index contributed by atoms with van der Waals surface area (Å²) in [5.41, 5.74) is 2.18. The van der Waals surface area contributed by atoms with Crippen LogP contribution in [0.5, 0.6) is 5.75 Å². The summed E-state index contributed by atoms with van der Waals surface area (Å²) in [7, 11) is 0. The van der Waals surface area contributed by atoms with E-state index in [0.717, 1.165) is 16.9 Å². The highest BCUT2D eigenvalue weighted by Gasteiger charge is 2.34. The Bertz CT molecular complexity index is 687. The summed E-state index contributed by atoms with van der Waals surface area (Å²) in [4.78, 5) is 14.3. The summed E-state index contributed by atoms with van der Waals surface area (Å²) in [5, 5.41) is -0.0104. The van der Waals surface area contributed by atoms with Gasteiger partial charge in [-0.1, -0.05) is 61.2 Å². The van der Waals surface area contributed by atoms with Crippen molar-refractivity contribution in [3.8, 4) is 5.75 Å². The van der Waals surface area contributed by atoms with Crippen molar-refractivity contribution in [1.82, 2.24) is 4.90 Å². The highest BCUT2D eigenvalue weighted by Crippen LogP contribution is 2.43. The summed E-state index contributed by atoms with van der Waals surface area (Å²) in [6.45, 7) is 4.77. The van der Waals surface area contributed by atoms with Crippen molar-refractivity contribution in [2.24, 2.45) is 0 Å². The van der Waals surface area contributed by atoms with Gasteiger partial charge < -0.3 is 9.64 Å². The fraction of sp³-hybridized carbons (Fsp3) is 0.211. The lowest BCUT2D eigenvalue weighted by Crippen LogP contribution is -2.27. The van der Waals surface area contributed by atoms with E-state index in [1.807, 2.05) is 59.5 Å². The molecule has 1 amide bonds. The van der Waals surface area contributed by atoms with Crippen LogP contribution in [0.25, 0.3) is 0 Å². The Morgan fingerprint density at radius 3 is 2.70 bits per heavy atom. The van der Waals surface area contributed by atoms with Crippen LogP contribution in [-0.4, -0.2) is 23.2 Å². The van der Waals surface area contributed by atoms with Crippen LogP contribution in [-0.2, 0) is 11.3 Å². The van der Waals surface area contributed by atoms with Crippen LogP contribution in [0.3, 0.4) is 0 Å². The molecule has 4 heteroatoms. The monoisotopic (exact) mass is 325 g/mol. The molecule has 2 aromatic rings. The van der Waals surface area contributed by atoms with Gasteiger partial charge in [-0.15, -0.1) is 11.8 Å². The number of para-hydroxylation sites is 1. The molecular formula is C19H19NO2S. The molecule has 1 saturated heterocycles. The second-order valence-corrected chi connectivity index (χ2v) is 6.38. The van der Waals surface area contributed by atoms with Crippen molar-refractivity contribution in [3.63, 3.8) is 0 Å². The molecule has 1 unspecified atom stereocenters. The molecule has 0 bridgehead atoms. The molecule has 1 heterocycles. The third-order valence-corrected chi connectivity index (χ3v) is 4.94. The fourth-order valence-corrected chi connectivity index (χ4v) is 3.84. The Balaban J connectivity index is 1.86. The first-order valence-electron chi connectivity index (χ1n) is 7.57. The third kappa shape index (κ3) is 3.59. The smallest absolute Gasteiger partial charge is 0.234 e. The van der Waals surface area contributed by atoms with Gasteiger partial charge in [-0.3, -0.25) is 4.79 Å².